The fourth-order valence-corrected chi connectivity index (χ4v) is 8.58. The Balaban J connectivity index is 1.25. The van der Waals surface area contributed by atoms with Crippen molar-refractivity contribution in [3.8, 4) is 22.5 Å². The average molecular weight is 825 g/mol. The number of hydrogen-bond donors (Lipinski definition) is 0. The van der Waals surface area contributed by atoms with E-state index in [0.29, 0.717) is 12.8 Å². The Morgan fingerprint density at radius 1 is 0.577 bits per heavy atom. The third-order valence-corrected chi connectivity index (χ3v) is 11.8. The molecule has 2 fully saturated rings. The van der Waals surface area contributed by atoms with E-state index in [-0.39, 0.29) is 17.9 Å². The maximum absolute atomic E-state index is 15.7. The van der Waals surface area contributed by atoms with Gasteiger partial charge in [-0.2, -0.15) is 10.2 Å². The van der Waals surface area contributed by atoms with Gasteiger partial charge in [0.2, 0.25) is 0 Å². The SMILES string of the molecule is Cc1ccc2nc(-c3ccc(Br)cc3)c(CC(C(=O)C(Cc3c(-c4ccc(Br)cc4)nc4ccc(C)nn34)N3CCCCC3)N3CCCCC3)n2n1. The van der Waals surface area contributed by atoms with Crippen molar-refractivity contribution < 1.29 is 4.79 Å². The second-order valence-corrected chi connectivity index (χ2v) is 16.2. The molecule has 0 amide bonds. The van der Waals surface area contributed by atoms with Crippen LogP contribution in [-0.4, -0.2) is 83.0 Å². The Morgan fingerprint density at radius 3 is 1.35 bits per heavy atom. The number of carbonyl (C=O) groups excluding carboxylic acids is 1. The molecule has 0 spiro atoms. The molecule has 9 nitrogen and oxygen atoms in total. The number of hydrogen-bond acceptors (Lipinski definition) is 7. The molecule has 0 radical (unpaired) electrons. The number of fused-ring (bicyclic) bond motifs is 2. The van der Waals surface area contributed by atoms with Gasteiger partial charge in [0.15, 0.2) is 17.1 Å². The minimum atomic E-state index is -0.339. The van der Waals surface area contributed by atoms with Crippen LogP contribution < -0.4 is 0 Å². The zero-order valence-electron chi connectivity index (χ0n) is 29.8. The van der Waals surface area contributed by atoms with Crippen LogP contribution in [0.1, 0.15) is 61.3 Å². The number of carbonyl (C=O) groups is 1. The van der Waals surface area contributed by atoms with Gasteiger partial charge in [0.1, 0.15) is 0 Å². The van der Waals surface area contributed by atoms with Gasteiger partial charge < -0.3 is 0 Å². The van der Waals surface area contributed by atoms with Gasteiger partial charge in [-0.3, -0.25) is 14.6 Å². The monoisotopic (exact) mass is 822 g/mol. The number of aryl methyl sites for hydroxylation is 2. The van der Waals surface area contributed by atoms with E-state index in [2.05, 4.69) is 90.2 Å². The highest BCUT2D eigenvalue weighted by atomic mass is 79.9. The van der Waals surface area contributed by atoms with Gasteiger partial charge in [0.05, 0.1) is 46.2 Å². The van der Waals surface area contributed by atoms with Crippen molar-refractivity contribution in [1.82, 2.24) is 39.0 Å². The normalized spacial score (nSPS) is 17.2. The zero-order chi connectivity index (χ0) is 35.8. The topological polar surface area (TPSA) is 83.9 Å². The van der Waals surface area contributed by atoms with Crippen LogP contribution in [0.4, 0.5) is 0 Å². The first kappa shape index (κ1) is 35.3. The molecule has 2 aliphatic rings. The van der Waals surface area contributed by atoms with Crippen molar-refractivity contribution >= 4 is 48.9 Å². The average Bonchev–Trinajstić information content (AvgIpc) is 3.71. The Labute approximate surface area is 321 Å². The maximum atomic E-state index is 15.7. The third kappa shape index (κ3) is 7.25. The van der Waals surface area contributed by atoms with Crippen LogP contribution in [0, 0.1) is 13.8 Å². The first-order chi connectivity index (χ1) is 25.3. The summed E-state index contributed by atoms with van der Waals surface area (Å²) in [5.74, 6) is 0.262. The Morgan fingerprint density at radius 2 is 0.962 bits per heavy atom. The molecule has 4 aromatic heterocycles. The third-order valence-electron chi connectivity index (χ3n) is 10.7. The van der Waals surface area contributed by atoms with Crippen molar-refractivity contribution in [2.45, 2.75) is 77.3 Å². The summed E-state index contributed by atoms with van der Waals surface area (Å²) >= 11 is 7.21. The molecule has 0 saturated carbocycles. The van der Waals surface area contributed by atoms with Gasteiger partial charge in [-0.25, -0.2) is 19.0 Å². The largest absolute Gasteiger partial charge is 0.296 e. The minimum absolute atomic E-state index is 0.262. The lowest BCUT2D eigenvalue weighted by molar-refractivity contribution is -0.130. The number of ketones is 1. The molecular formula is C41H44Br2N8O. The summed E-state index contributed by atoms with van der Waals surface area (Å²) in [6, 6.07) is 24.0. The molecule has 2 aromatic carbocycles. The van der Waals surface area contributed by atoms with Gasteiger partial charge in [-0.05, 0) is 114 Å². The van der Waals surface area contributed by atoms with Gasteiger partial charge in [-0.1, -0.05) is 69.0 Å². The molecule has 2 atom stereocenters. The smallest absolute Gasteiger partial charge is 0.167 e. The maximum Gasteiger partial charge on any atom is 0.167 e. The van der Waals surface area contributed by atoms with Crippen molar-refractivity contribution in [1.29, 1.82) is 0 Å². The number of Topliss-reactive ketones (excluding diaryl/α,β-unsaturated/α-hetero) is 1. The van der Waals surface area contributed by atoms with Crippen LogP contribution in [0.15, 0.2) is 81.7 Å². The van der Waals surface area contributed by atoms with E-state index in [1.54, 1.807) is 0 Å². The van der Waals surface area contributed by atoms with Crippen LogP contribution in [0.3, 0.4) is 0 Å². The molecule has 8 rings (SSSR count). The predicted octanol–water partition coefficient (Wildman–Crippen LogP) is 8.31. The highest BCUT2D eigenvalue weighted by molar-refractivity contribution is 9.10. The van der Waals surface area contributed by atoms with E-state index in [0.717, 1.165) is 117 Å². The number of halogens is 2. The number of aromatic nitrogens is 6. The van der Waals surface area contributed by atoms with E-state index in [9.17, 15) is 0 Å². The second-order valence-electron chi connectivity index (χ2n) is 14.4. The molecule has 268 valence electrons. The number of likely N-dealkylation sites (tertiary alicyclic amines) is 2. The summed E-state index contributed by atoms with van der Waals surface area (Å²) in [5, 5.41) is 9.94. The highest BCUT2D eigenvalue weighted by Crippen LogP contribution is 2.32. The minimum Gasteiger partial charge on any atom is -0.296 e. The number of rotatable bonds is 10. The zero-order valence-corrected chi connectivity index (χ0v) is 33.0. The molecule has 0 N–H and O–H groups in total. The fraction of sp³-hybridized carbons (Fsp3) is 0.390. The van der Waals surface area contributed by atoms with E-state index in [1.165, 1.54) is 12.8 Å². The van der Waals surface area contributed by atoms with Crippen LogP contribution in [0.5, 0.6) is 0 Å². The molecular weight excluding hydrogens is 780 g/mol. The highest BCUT2D eigenvalue weighted by Gasteiger charge is 2.38. The summed E-state index contributed by atoms with van der Waals surface area (Å²) in [6.07, 6.45) is 7.79. The number of nitrogens with zero attached hydrogens (tertiary/aromatic N) is 8. The summed E-state index contributed by atoms with van der Waals surface area (Å²) in [7, 11) is 0. The van der Waals surface area contributed by atoms with E-state index in [4.69, 9.17) is 20.2 Å². The van der Waals surface area contributed by atoms with E-state index >= 15 is 4.79 Å². The molecule has 0 aliphatic carbocycles. The van der Waals surface area contributed by atoms with E-state index in [1.807, 2.05) is 47.1 Å². The van der Waals surface area contributed by atoms with Crippen LogP contribution in [0.2, 0.25) is 0 Å². The summed E-state index contributed by atoms with van der Waals surface area (Å²) in [4.78, 5) is 30.8. The second kappa shape index (κ2) is 15.3. The summed E-state index contributed by atoms with van der Waals surface area (Å²) in [5.41, 5.74) is 9.17. The van der Waals surface area contributed by atoms with Gasteiger partial charge in [-0.15, -0.1) is 0 Å². The molecule has 6 aromatic rings. The van der Waals surface area contributed by atoms with Crippen LogP contribution in [-0.2, 0) is 17.6 Å². The van der Waals surface area contributed by atoms with Crippen molar-refractivity contribution in [2.24, 2.45) is 0 Å². The molecule has 2 unspecified atom stereocenters. The summed E-state index contributed by atoms with van der Waals surface area (Å²) < 4.78 is 5.99. The summed E-state index contributed by atoms with van der Waals surface area (Å²) in [6.45, 7) is 7.63. The van der Waals surface area contributed by atoms with E-state index < -0.39 is 0 Å². The van der Waals surface area contributed by atoms with Crippen molar-refractivity contribution in [3.05, 3.63) is 105 Å². The molecule has 52 heavy (non-hydrogen) atoms. The lowest BCUT2D eigenvalue weighted by Crippen LogP contribution is -2.55. The molecule has 2 saturated heterocycles. The van der Waals surface area contributed by atoms with Gasteiger partial charge >= 0.3 is 0 Å². The first-order valence-corrected chi connectivity index (χ1v) is 20.2. The van der Waals surface area contributed by atoms with Crippen LogP contribution >= 0.6 is 31.9 Å². The lowest BCUT2D eigenvalue weighted by Gasteiger charge is -2.39. The number of piperidine rings is 2. The Hall–Kier alpha value is -3.77. The predicted molar refractivity (Wildman–Crippen MR) is 213 cm³/mol. The molecule has 2 aliphatic heterocycles. The number of imidazole rings is 2. The Bertz CT molecular complexity index is 2040. The van der Waals surface area contributed by atoms with Gasteiger partial charge in [0.25, 0.3) is 0 Å². The lowest BCUT2D eigenvalue weighted by atomic mass is 9.90. The van der Waals surface area contributed by atoms with Gasteiger partial charge in [0, 0.05) is 32.9 Å². The van der Waals surface area contributed by atoms with Crippen molar-refractivity contribution in [2.75, 3.05) is 26.2 Å². The Kier molecular flexibility index (Phi) is 10.4. The molecule has 6 heterocycles. The molecule has 11 heteroatoms. The molecule has 0 bridgehead atoms. The first-order valence-electron chi connectivity index (χ1n) is 18.6. The standard InChI is InChI=1S/C41H44Br2N8O/c1-27-9-19-37-44-39(29-11-15-31(42)16-12-29)33(50(37)46-27)25-35(48-21-5-3-6-22-48)41(52)36(49-23-7-4-8-24-49)26-34-40(30-13-17-32(43)18-14-30)45-38-20-10-28(2)47-51(34)38/h9-20,35-36H,3-8,21-26H2,1-2H3. The quantitative estimate of drug-likeness (QED) is 0.138. The number of benzene rings is 2. The fourth-order valence-electron chi connectivity index (χ4n) is 8.05. The van der Waals surface area contributed by atoms with Crippen molar-refractivity contribution in [3.63, 3.8) is 0 Å². The van der Waals surface area contributed by atoms with Crippen LogP contribution in [0.25, 0.3) is 33.8 Å².